The van der Waals surface area contributed by atoms with Crippen molar-refractivity contribution in [2.24, 2.45) is 10.4 Å². The van der Waals surface area contributed by atoms with Crippen LogP contribution in [-0.2, 0) is 17.3 Å². The minimum absolute atomic E-state index is 0. The maximum absolute atomic E-state index is 12.6. The average Bonchev–Trinajstić information content (AvgIpc) is 3.02. The molecule has 156 valence electrons. The summed E-state index contributed by atoms with van der Waals surface area (Å²) >= 11 is 1.04. The average molecular weight is 520 g/mol. The van der Waals surface area contributed by atoms with Crippen LogP contribution >= 0.6 is 35.3 Å². The van der Waals surface area contributed by atoms with Crippen molar-refractivity contribution in [1.82, 2.24) is 15.6 Å². The number of rotatable bonds is 9. The minimum Gasteiger partial charge on any atom is -0.385 e. The maximum atomic E-state index is 12.6. The summed E-state index contributed by atoms with van der Waals surface area (Å²) in [6, 6.07) is 0. The number of methoxy groups -OCH3 is 1. The smallest absolute Gasteiger partial charge is 0.385 e. The van der Waals surface area contributed by atoms with Crippen LogP contribution in [0.1, 0.15) is 43.3 Å². The van der Waals surface area contributed by atoms with E-state index < -0.39 is 11.9 Å². The van der Waals surface area contributed by atoms with Crippen molar-refractivity contribution in [2.75, 3.05) is 33.4 Å². The van der Waals surface area contributed by atoms with Gasteiger partial charge in [0.15, 0.2) is 11.7 Å². The van der Waals surface area contributed by atoms with Gasteiger partial charge in [-0.05, 0) is 31.6 Å². The van der Waals surface area contributed by atoms with Gasteiger partial charge in [0.2, 0.25) is 0 Å². The van der Waals surface area contributed by atoms with Crippen molar-refractivity contribution in [3.05, 3.63) is 16.1 Å². The van der Waals surface area contributed by atoms with E-state index in [0.29, 0.717) is 23.9 Å². The van der Waals surface area contributed by atoms with Crippen LogP contribution < -0.4 is 10.6 Å². The SMILES string of the molecule is CCNC(=NCC1(CCOC)CCC1)NCCc1nc(C(F)(F)F)cs1.I. The summed E-state index contributed by atoms with van der Waals surface area (Å²) in [6.07, 6.45) is 0.621. The molecule has 10 heteroatoms. The lowest BCUT2D eigenvalue weighted by Gasteiger charge is -2.40. The summed E-state index contributed by atoms with van der Waals surface area (Å²) in [6.45, 7) is 4.68. The lowest BCUT2D eigenvalue weighted by molar-refractivity contribution is -0.140. The first-order valence-electron chi connectivity index (χ1n) is 8.91. The standard InChI is InChI=1S/C17H27F3N4OS.HI/c1-3-21-15(23-12-16(6-4-7-16)8-10-25-2)22-9-5-14-24-13(11-26-14)17(18,19)20;/h11H,3-10,12H2,1-2H3,(H2,21,22,23);1H. The Bertz CT molecular complexity index is 591. The van der Waals surface area contributed by atoms with Crippen LogP contribution in [-0.4, -0.2) is 44.3 Å². The van der Waals surface area contributed by atoms with Gasteiger partial charge in [-0.3, -0.25) is 4.99 Å². The third-order valence-electron chi connectivity index (χ3n) is 4.64. The van der Waals surface area contributed by atoms with Gasteiger partial charge in [-0.25, -0.2) is 4.98 Å². The maximum Gasteiger partial charge on any atom is 0.434 e. The molecule has 1 aliphatic rings. The molecule has 1 fully saturated rings. The van der Waals surface area contributed by atoms with Crippen LogP contribution in [0.25, 0.3) is 0 Å². The fourth-order valence-corrected chi connectivity index (χ4v) is 3.72. The van der Waals surface area contributed by atoms with Gasteiger partial charge in [0.1, 0.15) is 0 Å². The summed E-state index contributed by atoms with van der Waals surface area (Å²) in [5.74, 6) is 0.698. The van der Waals surface area contributed by atoms with Gasteiger partial charge in [0.25, 0.3) is 0 Å². The van der Waals surface area contributed by atoms with Gasteiger partial charge in [-0.2, -0.15) is 13.2 Å². The lowest BCUT2D eigenvalue weighted by Crippen LogP contribution is -2.41. The van der Waals surface area contributed by atoms with Gasteiger partial charge >= 0.3 is 6.18 Å². The highest BCUT2D eigenvalue weighted by Gasteiger charge is 2.36. The number of guanidine groups is 1. The highest BCUT2D eigenvalue weighted by atomic mass is 127. The largest absolute Gasteiger partial charge is 0.434 e. The van der Waals surface area contributed by atoms with E-state index in [0.717, 1.165) is 42.8 Å². The van der Waals surface area contributed by atoms with Crippen LogP contribution in [0.3, 0.4) is 0 Å². The number of thiazole rings is 1. The molecule has 2 N–H and O–H groups in total. The zero-order valence-corrected chi connectivity index (χ0v) is 18.8. The molecule has 1 aromatic rings. The predicted octanol–water partition coefficient (Wildman–Crippen LogP) is 4.08. The monoisotopic (exact) mass is 520 g/mol. The van der Waals surface area contributed by atoms with Crippen molar-refractivity contribution in [3.63, 3.8) is 0 Å². The normalized spacial score (nSPS) is 16.4. The van der Waals surface area contributed by atoms with E-state index in [1.165, 1.54) is 19.3 Å². The van der Waals surface area contributed by atoms with Crippen LogP contribution in [0, 0.1) is 5.41 Å². The molecule has 1 aliphatic carbocycles. The topological polar surface area (TPSA) is 58.5 Å². The molecule has 0 atom stereocenters. The number of halogens is 4. The van der Waals surface area contributed by atoms with Crippen LogP contribution in [0.15, 0.2) is 10.4 Å². The summed E-state index contributed by atoms with van der Waals surface area (Å²) in [4.78, 5) is 8.32. The number of nitrogens with zero attached hydrogens (tertiary/aromatic N) is 2. The van der Waals surface area contributed by atoms with E-state index in [2.05, 4.69) is 20.6 Å². The predicted molar refractivity (Wildman–Crippen MR) is 113 cm³/mol. The highest BCUT2D eigenvalue weighted by molar-refractivity contribution is 14.0. The number of hydrogen-bond donors (Lipinski definition) is 2. The molecule has 2 rings (SSSR count). The summed E-state index contributed by atoms with van der Waals surface area (Å²) in [5, 5.41) is 7.90. The molecule has 0 saturated heterocycles. The first-order chi connectivity index (χ1) is 12.4. The second kappa shape index (κ2) is 11.4. The minimum atomic E-state index is -4.38. The molecule has 1 aromatic heterocycles. The third-order valence-corrected chi connectivity index (χ3v) is 5.55. The number of alkyl halides is 3. The Hall–Kier alpha value is -0.620. The highest BCUT2D eigenvalue weighted by Crippen LogP contribution is 2.44. The molecule has 5 nitrogen and oxygen atoms in total. The lowest BCUT2D eigenvalue weighted by atomic mass is 9.67. The van der Waals surface area contributed by atoms with E-state index in [1.807, 2.05) is 6.92 Å². The Balaban J connectivity index is 0.00000364. The second-order valence-electron chi connectivity index (χ2n) is 6.59. The van der Waals surface area contributed by atoms with Gasteiger partial charge in [-0.15, -0.1) is 35.3 Å². The van der Waals surface area contributed by atoms with Crippen molar-refractivity contribution in [3.8, 4) is 0 Å². The van der Waals surface area contributed by atoms with Gasteiger partial charge in [0, 0.05) is 45.2 Å². The van der Waals surface area contributed by atoms with E-state index in [9.17, 15) is 13.2 Å². The fraction of sp³-hybridized carbons (Fsp3) is 0.765. The Morgan fingerprint density at radius 3 is 2.63 bits per heavy atom. The molecule has 0 aromatic carbocycles. The van der Waals surface area contributed by atoms with Crippen molar-refractivity contribution >= 4 is 41.3 Å². The molecular weight excluding hydrogens is 492 g/mol. The first kappa shape index (κ1) is 24.4. The quantitative estimate of drug-likeness (QED) is 0.293. The molecule has 27 heavy (non-hydrogen) atoms. The zero-order valence-electron chi connectivity index (χ0n) is 15.7. The number of ether oxygens (including phenoxy) is 1. The number of aromatic nitrogens is 1. The van der Waals surface area contributed by atoms with Crippen molar-refractivity contribution < 1.29 is 17.9 Å². The Morgan fingerprint density at radius 2 is 2.11 bits per heavy atom. The van der Waals surface area contributed by atoms with Crippen molar-refractivity contribution in [2.45, 2.75) is 45.2 Å². The van der Waals surface area contributed by atoms with Crippen molar-refractivity contribution in [1.29, 1.82) is 0 Å². The van der Waals surface area contributed by atoms with E-state index in [1.54, 1.807) is 7.11 Å². The molecule has 0 unspecified atom stereocenters. The summed E-state index contributed by atoms with van der Waals surface area (Å²) < 4.78 is 42.9. The Morgan fingerprint density at radius 1 is 1.37 bits per heavy atom. The van der Waals surface area contributed by atoms with Crippen LogP contribution in [0.4, 0.5) is 13.2 Å². The molecule has 1 saturated carbocycles. The molecule has 0 amide bonds. The fourth-order valence-electron chi connectivity index (χ4n) is 2.91. The number of nitrogens with one attached hydrogen (secondary N) is 2. The molecular formula is C17H28F3IN4OS. The van der Waals surface area contributed by atoms with E-state index >= 15 is 0 Å². The molecule has 0 bridgehead atoms. The van der Waals surface area contributed by atoms with Gasteiger partial charge < -0.3 is 15.4 Å². The second-order valence-corrected chi connectivity index (χ2v) is 7.54. The third kappa shape index (κ3) is 7.72. The zero-order chi connectivity index (χ0) is 19.0. The number of aliphatic imine (C=N–C) groups is 1. The molecule has 0 radical (unpaired) electrons. The van der Waals surface area contributed by atoms with Crippen LogP contribution in [0.2, 0.25) is 0 Å². The Labute approximate surface area is 179 Å². The number of hydrogen-bond acceptors (Lipinski definition) is 4. The van der Waals surface area contributed by atoms with Crippen LogP contribution in [0.5, 0.6) is 0 Å². The van der Waals surface area contributed by atoms with E-state index in [-0.39, 0.29) is 29.4 Å². The Kier molecular flexibility index (Phi) is 10.3. The van der Waals surface area contributed by atoms with E-state index in [4.69, 9.17) is 4.74 Å². The molecule has 1 heterocycles. The first-order valence-corrected chi connectivity index (χ1v) is 9.79. The summed E-state index contributed by atoms with van der Waals surface area (Å²) in [7, 11) is 1.71. The molecule has 0 spiro atoms. The van der Waals surface area contributed by atoms with Gasteiger partial charge in [0.05, 0.1) is 5.01 Å². The van der Waals surface area contributed by atoms with Gasteiger partial charge in [-0.1, -0.05) is 6.42 Å². The molecule has 0 aliphatic heterocycles. The summed E-state index contributed by atoms with van der Waals surface area (Å²) in [5.41, 5.74) is -0.585.